The zero-order chi connectivity index (χ0) is 22.0. The highest BCUT2D eigenvalue weighted by atomic mass is 16.5. The molecule has 1 saturated heterocycles. The van der Waals surface area contributed by atoms with Crippen molar-refractivity contribution in [2.75, 3.05) is 31.2 Å². The number of fused-ring (bicyclic) bond motifs is 1. The number of nitrogens with one attached hydrogen (secondary N) is 3. The van der Waals surface area contributed by atoms with Crippen molar-refractivity contribution >= 4 is 22.6 Å². The van der Waals surface area contributed by atoms with Gasteiger partial charge in [0.15, 0.2) is 5.84 Å². The van der Waals surface area contributed by atoms with Crippen molar-refractivity contribution in [3.05, 3.63) is 48.4 Å². The van der Waals surface area contributed by atoms with E-state index in [1.807, 2.05) is 18.3 Å². The third kappa shape index (κ3) is 4.19. The molecule has 0 unspecified atom stereocenters. The maximum atomic E-state index is 6.57. The molecule has 3 aliphatic rings. The number of rotatable bonds is 5. The average Bonchev–Trinajstić information content (AvgIpc) is 3.60. The molecule has 0 atom stereocenters. The summed E-state index contributed by atoms with van der Waals surface area (Å²) in [5.41, 5.74) is 10.2. The van der Waals surface area contributed by atoms with Gasteiger partial charge in [0, 0.05) is 49.4 Å². The van der Waals surface area contributed by atoms with Gasteiger partial charge in [0.1, 0.15) is 11.9 Å². The molecule has 10 nitrogen and oxygen atoms in total. The topological polar surface area (TPSA) is 101 Å². The number of nitrogens with zero attached hydrogens (tertiary/aromatic N) is 5. The normalized spacial score (nSPS) is 23.2. The Morgan fingerprint density at radius 3 is 2.61 bits per heavy atom. The fourth-order valence-corrected chi connectivity index (χ4v) is 4.80. The number of hydrogen-bond acceptors (Lipinski definition) is 9. The van der Waals surface area contributed by atoms with Crippen LogP contribution in [0.25, 0.3) is 10.9 Å². The largest absolute Gasteiger partial charge is 0.474 e. The quantitative estimate of drug-likeness (QED) is 0.546. The fraction of sp³-hybridized carbons (Fsp3) is 0.435. The molecule has 3 N–H and O–H groups in total. The van der Waals surface area contributed by atoms with Crippen LogP contribution in [0.4, 0.5) is 5.82 Å². The van der Waals surface area contributed by atoms with Crippen molar-refractivity contribution in [1.29, 1.82) is 0 Å². The fourth-order valence-electron chi connectivity index (χ4n) is 4.80. The summed E-state index contributed by atoms with van der Waals surface area (Å²) in [4.78, 5) is 11.9. The Balaban J connectivity index is 1.29. The second kappa shape index (κ2) is 8.87. The Morgan fingerprint density at radius 2 is 1.85 bits per heavy atom. The summed E-state index contributed by atoms with van der Waals surface area (Å²) in [6, 6.07) is 8.81. The number of ether oxygens (including phenoxy) is 2. The Morgan fingerprint density at radius 1 is 1.03 bits per heavy atom. The Bertz CT molecular complexity index is 1130. The first-order valence-electron chi connectivity index (χ1n) is 11.6. The number of aromatic nitrogens is 3. The van der Waals surface area contributed by atoms with Crippen molar-refractivity contribution in [2.45, 2.75) is 37.8 Å². The number of hydrazone groups is 1. The SMILES string of the molecule is c1ccn(C2CCC(Oc3nc(N4CCOCC4)cc4ncc(C5=NNNN5)cc34)CC2)c1. The van der Waals surface area contributed by atoms with Crippen LogP contribution in [0.15, 0.2) is 48.0 Å². The second-order valence-electron chi connectivity index (χ2n) is 8.68. The molecule has 3 aromatic heterocycles. The van der Waals surface area contributed by atoms with Crippen LogP contribution in [0.1, 0.15) is 37.3 Å². The molecule has 0 radical (unpaired) electrons. The van der Waals surface area contributed by atoms with Gasteiger partial charge in [0.2, 0.25) is 5.88 Å². The van der Waals surface area contributed by atoms with Gasteiger partial charge in [-0.15, -0.1) is 10.6 Å². The number of hydrazine groups is 2. The number of pyridine rings is 2. The second-order valence-corrected chi connectivity index (χ2v) is 8.68. The molecule has 5 heterocycles. The van der Waals surface area contributed by atoms with Gasteiger partial charge in [-0.3, -0.25) is 10.4 Å². The standard InChI is InChI=1S/C23H28N8O2/c1-2-8-30(7-1)17-3-5-18(6-4-17)33-23-19-13-16(22-26-28-29-27-22)15-24-20(19)14-21(25-23)31-9-11-32-12-10-31/h1-2,7-8,13-15,17-18,28-29H,3-6,9-12H2,(H,26,27). The minimum Gasteiger partial charge on any atom is -0.474 e. The number of morpholine rings is 1. The van der Waals surface area contributed by atoms with E-state index in [1.54, 1.807) is 0 Å². The molecule has 1 aliphatic carbocycles. The zero-order valence-corrected chi connectivity index (χ0v) is 18.4. The molecular weight excluding hydrogens is 420 g/mol. The first kappa shape index (κ1) is 20.3. The highest BCUT2D eigenvalue weighted by Crippen LogP contribution is 2.34. The van der Waals surface area contributed by atoms with E-state index in [1.165, 1.54) is 0 Å². The summed E-state index contributed by atoms with van der Waals surface area (Å²) < 4.78 is 14.4. The van der Waals surface area contributed by atoms with Crippen molar-refractivity contribution in [1.82, 2.24) is 31.0 Å². The summed E-state index contributed by atoms with van der Waals surface area (Å²) in [5, 5.41) is 5.10. The van der Waals surface area contributed by atoms with Gasteiger partial charge in [-0.25, -0.2) is 5.53 Å². The lowest BCUT2D eigenvalue weighted by Gasteiger charge is -2.31. The predicted octanol–water partition coefficient (Wildman–Crippen LogP) is 2.10. The van der Waals surface area contributed by atoms with Crippen LogP contribution in [-0.2, 0) is 4.74 Å². The minimum atomic E-state index is 0.140. The molecule has 172 valence electrons. The third-order valence-electron chi connectivity index (χ3n) is 6.62. The van der Waals surface area contributed by atoms with Crippen LogP contribution in [0.2, 0.25) is 0 Å². The van der Waals surface area contributed by atoms with Crippen molar-refractivity contribution in [3.8, 4) is 5.88 Å². The van der Waals surface area contributed by atoms with Gasteiger partial charge in [0.05, 0.1) is 24.1 Å². The van der Waals surface area contributed by atoms with Crippen LogP contribution in [0.3, 0.4) is 0 Å². The summed E-state index contributed by atoms with van der Waals surface area (Å²) in [6.45, 7) is 3.04. The van der Waals surface area contributed by atoms with Crippen LogP contribution in [0.5, 0.6) is 5.88 Å². The minimum absolute atomic E-state index is 0.140. The van der Waals surface area contributed by atoms with Gasteiger partial charge in [-0.2, -0.15) is 4.98 Å². The van der Waals surface area contributed by atoms with Gasteiger partial charge in [-0.05, 0) is 43.9 Å². The highest BCUT2D eigenvalue weighted by molar-refractivity contribution is 6.02. The third-order valence-corrected chi connectivity index (χ3v) is 6.62. The molecule has 0 spiro atoms. The Hall–Kier alpha value is -3.37. The zero-order valence-electron chi connectivity index (χ0n) is 18.4. The first-order chi connectivity index (χ1) is 16.3. The lowest BCUT2D eigenvalue weighted by Crippen LogP contribution is -2.37. The van der Waals surface area contributed by atoms with Gasteiger partial charge in [-0.1, -0.05) is 0 Å². The van der Waals surface area contributed by atoms with E-state index in [-0.39, 0.29) is 6.10 Å². The van der Waals surface area contributed by atoms with Gasteiger partial charge < -0.3 is 18.9 Å². The van der Waals surface area contributed by atoms with E-state index in [0.29, 0.717) is 31.0 Å². The summed E-state index contributed by atoms with van der Waals surface area (Å²) >= 11 is 0. The van der Waals surface area contributed by atoms with Crippen LogP contribution >= 0.6 is 0 Å². The molecule has 3 aromatic rings. The maximum Gasteiger partial charge on any atom is 0.225 e. The van der Waals surface area contributed by atoms with E-state index in [4.69, 9.17) is 19.4 Å². The lowest BCUT2D eigenvalue weighted by atomic mass is 9.93. The number of anilines is 1. The van der Waals surface area contributed by atoms with E-state index in [2.05, 4.69) is 55.6 Å². The molecule has 2 fully saturated rings. The molecule has 0 amide bonds. The smallest absolute Gasteiger partial charge is 0.225 e. The highest BCUT2D eigenvalue weighted by Gasteiger charge is 2.25. The van der Waals surface area contributed by atoms with E-state index >= 15 is 0 Å². The number of hydrogen-bond donors (Lipinski definition) is 3. The molecule has 0 aromatic carbocycles. The molecule has 10 heteroatoms. The van der Waals surface area contributed by atoms with E-state index < -0.39 is 0 Å². The molecule has 0 bridgehead atoms. The van der Waals surface area contributed by atoms with Crippen LogP contribution in [-0.4, -0.2) is 52.8 Å². The molecule has 1 saturated carbocycles. The van der Waals surface area contributed by atoms with Gasteiger partial charge >= 0.3 is 0 Å². The van der Waals surface area contributed by atoms with Crippen molar-refractivity contribution in [3.63, 3.8) is 0 Å². The van der Waals surface area contributed by atoms with Crippen LogP contribution in [0, 0.1) is 0 Å². The average molecular weight is 449 g/mol. The maximum absolute atomic E-state index is 6.57. The summed E-state index contributed by atoms with van der Waals surface area (Å²) in [7, 11) is 0. The first-order valence-corrected chi connectivity index (χ1v) is 11.6. The molecule has 33 heavy (non-hydrogen) atoms. The van der Waals surface area contributed by atoms with Crippen molar-refractivity contribution < 1.29 is 9.47 Å². The van der Waals surface area contributed by atoms with Crippen molar-refractivity contribution in [2.24, 2.45) is 5.10 Å². The van der Waals surface area contributed by atoms with E-state index in [9.17, 15) is 0 Å². The van der Waals surface area contributed by atoms with E-state index in [0.717, 1.165) is 61.1 Å². The van der Waals surface area contributed by atoms with Gasteiger partial charge in [0.25, 0.3) is 0 Å². The lowest BCUT2D eigenvalue weighted by molar-refractivity contribution is 0.121. The number of amidine groups is 1. The van der Waals surface area contributed by atoms with Crippen LogP contribution < -0.4 is 26.1 Å². The predicted molar refractivity (Wildman–Crippen MR) is 125 cm³/mol. The summed E-state index contributed by atoms with van der Waals surface area (Å²) in [6.07, 6.45) is 10.5. The molecule has 2 aliphatic heterocycles. The Labute approximate surface area is 191 Å². The molecule has 6 rings (SSSR count). The summed E-state index contributed by atoms with van der Waals surface area (Å²) in [5.74, 6) is 2.22. The Kier molecular flexibility index (Phi) is 5.45. The monoisotopic (exact) mass is 448 g/mol. The molecular formula is C23H28N8O2.